The van der Waals surface area contributed by atoms with Gasteiger partial charge in [-0.2, -0.15) is 52.7 Å². The van der Waals surface area contributed by atoms with Crippen LogP contribution in [0.4, 0.5) is 52.7 Å². The van der Waals surface area contributed by atoms with Crippen LogP contribution in [0.2, 0.25) is 0 Å². The summed E-state index contributed by atoms with van der Waals surface area (Å²) in [4.78, 5) is 57.0. The Morgan fingerprint density at radius 1 is 0.598 bits per heavy atom. The number of aliphatic carboxylic acids is 1. The minimum absolute atomic E-state index is 0. The molecular formula is C66H91F12IN2O11. The Labute approximate surface area is 546 Å². The topological polar surface area (TPSA) is 224 Å². The fraction of sp³-hybridized carbons (Fsp3) is 0.561. The number of aliphatic hydroxyl groups is 1. The number of methoxy groups -OCH3 is 1. The molecule has 2 fully saturated rings. The van der Waals surface area contributed by atoms with E-state index < -0.39 is 104 Å². The van der Waals surface area contributed by atoms with E-state index in [-0.39, 0.29) is 74.7 Å². The van der Waals surface area contributed by atoms with E-state index >= 15 is 0 Å². The van der Waals surface area contributed by atoms with Crippen LogP contribution in [0.1, 0.15) is 191 Å². The summed E-state index contributed by atoms with van der Waals surface area (Å²) < 4.78 is 161. The summed E-state index contributed by atoms with van der Waals surface area (Å²) in [6.07, 6.45) is -16.7. The summed E-state index contributed by atoms with van der Waals surface area (Å²) >= 11 is 1.93. The van der Waals surface area contributed by atoms with E-state index in [1.165, 1.54) is 12.7 Å². The Morgan fingerprint density at radius 2 is 1.00 bits per heavy atom. The molecule has 0 unspecified atom stereocenters. The fourth-order valence-corrected chi connectivity index (χ4v) is 9.10. The van der Waals surface area contributed by atoms with E-state index in [1.54, 1.807) is 20.8 Å². The van der Waals surface area contributed by atoms with Crippen molar-refractivity contribution in [3.63, 3.8) is 0 Å². The lowest BCUT2D eigenvalue weighted by Gasteiger charge is -2.36. The maximum Gasteiger partial charge on any atom is 0.389 e. The molecule has 0 amide bonds. The predicted molar refractivity (Wildman–Crippen MR) is 335 cm³/mol. The summed E-state index contributed by atoms with van der Waals surface area (Å²) in [7, 11) is 1.36. The number of unbranched alkanes of at least 4 members (excludes halogenated alkanes) is 1. The third kappa shape index (κ3) is 41.6. The Balaban J connectivity index is 0. The van der Waals surface area contributed by atoms with Gasteiger partial charge in [-0.3, -0.25) is 24.0 Å². The third-order valence-electron chi connectivity index (χ3n) is 13.0. The SMILES string of the molecule is CC.CC(C)(C)OC(=O)[C@H](CCCC(F)(F)F)C(=O)O.CCCC[C@@H](N)C(=O)OC.FC(F)(F)CCCI.N.O=C1CC[C@H](c2ccccc2)[C@H](c2ccccc2)O1.O=C1O[C@@H](c2ccccc2)[C@@H](c2ccccc2)C[C@@H]1CCCC(F)(F)F.OCCCC(F)(F)F. The standard InChI is InChI=1S/C21H21F3O2.C17H16O2.C11H17F3O4.C7H15NO2.C4H6F3I.C4H7F3O.C2H6.H3N/c22-21(23,24)13-7-12-17-14-18(15-8-3-1-4-9-15)19(26-20(17)25)16-10-5-2-6-11-16;18-16-12-11-15(13-7-3-1-4-8-13)17(19-16)14-9-5-2-6-10-14;1-10(2,3)18-9(17)7(8(15)16)5-4-6-11(12,13)14;1-3-4-5-6(8)7(9)10-2;2*5-4(6,7)2-1-3-8;1-2;/h1-6,8-11,17-19H,7,12-14H2;1-10,15,17H,11-12H2;7H,4-6H2,1-3H3,(H,15,16);6H,3-5,8H2,1-2H3;1-3H2;8H,1-3H2;1-2H3;1H3/t17-,18+,19-;15-,17+;7-;6-;;;;/m0111..../s1. The number of hydrogen-bond donors (Lipinski definition) is 4. The number of cyclic esters (lactones) is 2. The lowest BCUT2D eigenvalue weighted by atomic mass is 9.78. The maximum absolute atomic E-state index is 12.4. The molecule has 4 aromatic carbocycles. The molecule has 7 N–H and O–H groups in total. The highest BCUT2D eigenvalue weighted by Crippen LogP contribution is 2.45. The van der Waals surface area contributed by atoms with E-state index in [4.69, 9.17) is 30.2 Å². The lowest BCUT2D eigenvalue weighted by Crippen LogP contribution is -2.32. The zero-order valence-electron chi connectivity index (χ0n) is 53.1. The number of ether oxygens (including phenoxy) is 4. The second kappa shape index (κ2) is 46.1. The highest BCUT2D eigenvalue weighted by molar-refractivity contribution is 14.1. The van der Waals surface area contributed by atoms with Gasteiger partial charge < -0.3 is 41.0 Å². The monoisotopic (exact) mass is 1440 g/mol. The van der Waals surface area contributed by atoms with Crippen molar-refractivity contribution in [1.82, 2.24) is 6.15 Å². The maximum atomic E-state index is 12.4. The Bertz CT molecular complexity index is 2580. The van der Waals surface area contributed by atoms with Gasteiger partial charge in [-0.25, -0.2) is 0 Å². The van der Waals surface area contributed by atoms with Crippen LogP contribution in [0.25, 0.3) is 0 Å². The summed E-state index contributed by atoms with van der Waals surface area (Å²) in [5, 5.41) is 16.7. The zero-order valence-corrected chi connectivity index (χ0v) is 55.2. The predicted octanol–water partition coefficient (Wildman–Crippen LogP) is 18.4. The molecule has 0 spiro atoms. The van der Waals surface area contributed by atoms with Crippen molar-refractivity contribution >= 4 is 52.4 Å². The highest BCUT2D eigenvalue weighted by atomic mass is 127. The minimum atomic E-state index is -4.35. The van der Waals surface area contributed by atoms with Crippen LogP contribution >= 0.6 is 22.6 Å². The van der Waals surface area contributed by atoms with Gasteiger partial charge in [0.05, 0.1) is 13.0 Å². The number of carboxylic acids is 1. The van der Waals surface area contributed by atoms with Crippen molar-refractivity contribution in [2.75, 3.05) is 18.1 Å². The molecule has 0 saturated carbocycles. The Morgan fingerprint density at radius 3 is 1.37 bits per heavy atom. The van der Waals surface area contributed by atoms with Gasteiger partial charge in [-0.05, 0) is 105 Å². The second-order valence-corrected chi connectivity index (χ2v) is 22.7. The van der Waals surface area contributed by atoms with E-state index in [2.05, 4.69) is 23.8 Å². The molecule has 0 radical (unpaired) electrons. The van der Waals surface area contributed by atoms with Crippen LogP contribution in [0, 0.1) is 11.8 Å². The number of carboxylic acid groups (broad SMARTS) is 1. The number of hydrogen-bond acceptors (Lipinski definition) is 12. The van der Waals surface area contributed by atoms with Crippen LogP contribution in [0.15, 0.2) is 121 Å². The molecule has 2 heterocycles. The first-order chi connectivity index (χ1) is 42.5. The highest BCUT2D eigenvalue weighted by Gasteiger charge is 2.40. The summed E-state index contributed by atoms with van der Waals surface area (Å²) in [6, 6.07) is 39.1. The molecule has 2 aliphatic rings. The van der Waals surface area contributed by atoms with Gasteiger partial charge in [-0.1, -0.05) is 178 Å². The third-order valence-corrected chi connectivity index (χ3v) is 13.8. The summed E-state index contributed by atoms with van der Waals surface area (Å²) in [5.41, 5.74) is 8.83. The van der Waals surface area contributed by atoms with Crippen LogP contribution in [0.5, 0.6) is 0 Å². The number of rotatable bonds is 20. The van der Waals surface area contributed by atoms with Gasteiger partial charge in [0.1, 0.15) is 23.9 Å². The van der Waals surface area contributed by atoms with Gasteiger partial charge in [0, 0.05) is 50.5 Å². The van der Waals surface area contributed by atoms with Crippen molar-refractivity contribution in [3.8, 4) is 0 Å². The quantitative estimate of drug-likeness (QED) is 0.0162. The minimum Gasteiger partial charge on any atom is -0.481 e. The fourth-order valence-electron chi connectivity index (χ4n) is 8.72. The van der Waals surface area contributed by atoms with Crippen molar-refractivity contribution in [2.45, 2.75) is 205 Å². The lowest BCUT2D eigenvalue weighted by molar-refractivity contribution is -0.168. The molecule has 92 heavy (non-hydrogen) atoms. The normalized spacial score (nSPS) is 17.7. The van der Waals surface area contributed by atoms with E-state index in [9.17, 15) is 76.7 Å². The molecule has 522 valence electrons. The number of esters is 4. The average Bonchev–Trinajstić information content (AvgIpc) is 0.810. The number of alkyl halides is 13. The van der Waals surface area contributed by atoms with E-state index in [1.807, 2.05) is 146 Å². The molecule has 7 atom stereocenters. The van der Waals surface area contributed by atoms with Gasteiger partial charge in [0.15, 0.2) is 5.92 Å². The van der Waals surface area contributed by atoms with E-state index in [0.717, 1.165) is 42.4 Å². The molecule has 0 aliphatic carbocycles. The number of carbonyl (C=O) groups is 5. The zero-order chi connectivity index (χ0) is 69.4. The molecule has 0 bridgehead atoms. The van der Waals surface area contributed by atoms with Gasteiger partial charge in [0.25, 0.3) is 0 Å². The number of carbonyl (C=O) groups excluding carboxylic acids is 4. The first kappa shape index (κ1) is 88.1. The second-order valence-electron chi connectivity index (χ2n) is 21.7. The van der Waals surface area contributed by atoms with Crippen molar-refractivity contribution in [2.24, 2.45) is 17.6 Å². The van der Waals surface area contributed by atoms with Gasteiger partial charge in [-0.15, -0.1) is 0 Å². The first-order valence-electron chi connectivity index (χ1n) is 29.9. The molecule has 2 saturated heterocycles. The molecular weight excluding hydrogens is 1350 g/mol. The van der Waals surface area contributed by atoms with Crippen molar-refractivity contribution in [1.29, 1.82) is 0 Å². The van der Waals surface area contributed by atoms with Crippen molar-refractivity contribution < 1.29 is 106 Å². The molecule has 2 aliphatic heterocycles. The van der Waals surface area contributed by atoms with Crippen LogP contribution < -0.4 is 11.9 Å². The molecule has 26 heteroatoms. The van der Waals surface area contributed by atoms with Gasteiger partial charge in [0.2, 0.25) is 0 Å². The largest absolute Gasteiger partial charge is 0.481 e. The first-order valence-corrected chi connectivity index (χ1v) is 31.4. The van der Waals surface area contributed by atoms with Gasteiger partial charge >= 0.3 is 54.6 Å². The van der Waals surface area contributed by atoms with Crippen LogP contribution in [0.3, 0.4) is 0 Å². The molecule has 6 rings (SSSR count). The van der Waals surface area contributed by atoms with E-state index in [0.29, 0.717) is 17.3 Å². The Kier molecular flexibility index (Phi) is 44.2. The summed E-state index contributed by atoms with van der Waals surface area (Å²) in [5.74, 6) is -5.13. The number of nitrogens with two attached hydrogens (primary N) is 1. The molecule has 13 nitrogen and oxygen atoms in total. The smallest absolute Gasteiger partial charge is 0.389 e. The number of halogens is 13. The molecule has 0 aromatic heterocycles. The average molecular weight is 1440 g/mol. The Hall–Kier alpha value is -6.00. The van der Waals surface area contributed by atoms with Crippen LogP contribution in [-0.2, 0) is 42.9 Å². The molecule has 4 aromatic rings. The van der Waals surface area contributed by atoms with Crippen LogP contribution in [-0.4, -0.2) is 94.6 Å². The number of aliphatic hydroxyl groups excluding tert-OH is 1. The summed E-state index contributed by atoms with van der Waals surface area (Å²) in [6.45, 7) is 10.3. The van der Waals surface area contributed by atoms with Crippen molar-refractivity contribution in [3.05, 3.63) is 144 Å². The number of benzene rings is 4.